The fourth-order valence-corrected chi connectivity index (χ4v) is 2.46. The minimum absolute atomic E-state index is 0.152. The Bertz CT molecular complexity index is 607. The third-order valence-electron chi connectivity index (χ3n) is 3.47. The lowest BCUT2D eigenvalue weighted by Gasteiger charge is -2.22. The largest absolute Gasteiger partial charge is 0.508 e. The van der Waals surface area contributed by atoms with E-state index in [1.807, 2.05) is 0 Å². The van der Waals surface area contributed by atoms with Crippen LogP contribution in [0.25, 0.3) is 0 Å². The molecule has 2 rings (SSSR count). The van der Waals surface area contributed by atoms with Crippen molar-refractivity contribution in [2.45, 2.75) is 32.4 Å². The number of nitrogens with zero attached hydrogens (tertiary/aromatic N) is 2. The minimum Gasteiger partial charge on any atom is -0.508 e. The topological polar surface area (TPSA) is 99.8 Å². The van der Waals surface area contributed by atoms with Crippen molar-refractivity contribution >= 4 is 11.9 Å². The molecular weight excluding hydrogens is 264 g/mol. The molecule has 0 spiro atoms. The highest BCUT2D eigenvalue weighted by Crippen LogP contribution is 2.18. The molecule has 0 aromatic carbocycles. The van der Waals surface area contributed by atoms with Crippen molar-refractivity contribution in [1.29, 1.82) is 0 Å². The highest BCUT2D eigenvalue weighted by molar-refractivity contribution is 5.84. The number of carboxylic acids is 1. The molecule has 20 heavy (non-hydrogen) atoms. The number of pyridine rings is 1. The van der Waals surface area contributed by atoms with E-state index in [2.05, 4.69) is 0 Å². The number of hydrogen-bond acceptors (Lipinski definition) is 4. The lowest BCUT2D eigenvalue weighted by molar-refractivity contribution is -0.148. The monoisotopic (exact) mass is 280 g/mol. The molecule has 0 aliphatic carbocycles. The molecule has 7 nitrogen and oxygen atoms in total. The summed E-state index contributed by atoms with van der Waals surface area (Å²) in [4.78, 5) is 36.2. The van der Waals surface area contributed by atoms with Crippen molar-refractivity contribution in [1.82, 2.24) is 9.47 Å². The summed E-state index contributed by atoms with van der Waals surface area (Å²) in [6.07, 6.45) is 1.08. The van der Waals surface area contributed by atoms with Gasteiger partial charge in [-0.05, 0) is 25.8 Å². The first-order valence-corrected chi connectivity index (χ1v) is 6.33. The lowest BCUT2D eigenvalue weighted by Crippen LogP contribution is -2.43. The molecule has 108 valence electrons. The molecule has 1 aliphatic rings. The number of likely N-dealkylation sites (tertiary alicyclic amines) is 1. The molecule has 0 radical (unpaired) electrons. The Morgan fingerprint density at radius 2 is 2.10 bits per heavy atom. The SMILES string of the molecule is Cc1cc(O)cc(=O)n1CC(=O)N1CCC[C@@H]1C(=O)O. The molecule has 1 fully saturated rings. The van der Waals surface area contributed by atoms with Gasteiger partial charge in [-0.2, -0.15) is 0 Å². The predicted octanol–water partition coefficient (Wildman–Crippen LogP) is -0.0621. The number of amides is 1. The van der Waals surface area contributed by atoms with Gasteiger partial charge in [-0.25, -0.2) is 4.79 Å². The van der Waals surface area contributed by atoms with Crippen molar-refractivity contribution in [3.8, 4) is 5.75 Å². The van der Waals surface area contributed by atoms with Gasteiger partial charge >= 0.3 is 5.97 Å². The quantitative estimate of drug-likeness (QED) is 0.808. The normalized spacial score (nSPS) is 18.2. The fraction of sp³-hybridized carbons (Fsp3) is 0.462. The van der Waals surface area contributed by atoms with E-state index in [4.69, 9.17) is 5.11 Å². The van der Waals surface area contributed by atoms with Gasteiger partial charge in [0.25, 0.3) is 5.56 Å². The molecule has 1 aromatic heterocycles. The first kappa shape index (κ1) is 14.1. The Labute approximate surface area is 115 Å². The Morgan fingerprint density at radius 3 is 2.70 bits per heavy atom. The van der Waals surface area contributed by atoms with Gasteiger partial charge < -0.3 is 19.7 Å². The van der Waals surface area contributed by atoms with E-state index in [-0.39, 0.29) is 12.3 Å². The molecule has 1 aliphatic heterocycles. The highest BCUT2D eigenvalue weighted by Gasteiger charge is 2.33. The Morgan fingerprint density at radius 1 is 1.40 bits per heavy atom. The van der Waals surface area contributed by atoms with E-state index in [0.29, 0.717) is 25.1 Å². The summed E-state index contributed by atoms with van der Waals surface area (Å²) in [6, 6.07) is 1.60. The van der Waals surface area contributed by atoms with Crippen LogP contribution in [-0.4, -0.2) is 44.1 Å². The maximum Gasteiger partial charge on any atom is 0.326 e. The Balaban J connectivity index is 2.20. The number of aromatic nitrogens is 1. The van der Waals surface area contributed by atoms with E-state index in [1.54, 1.807) is 6.92 Å². The second-order valence-electron chi connectivity index (χ2n) is 4.86. The van der Waals surface area contributed by atoms with Gasteiger partial charge in [-0.15, -0.1) is 0 Å². The summed E-state index contributed by atoms with van der Waals surface area (Å²) in [5, 5.41) is 18.3. The van der Waals surface area contributed by atoms with E-state index >= 15 is 0 Å². The molecule has 1 aromatic rings. The fourth-order valence-electron chi connectivity index (χ4n) is 2.46. The Kier molecular flexibility index (Phi) is 3.78. The van der Waals surface area contributed by atoms with Crippen molar-refractivity contribution in [3.63, 3.8) is 0 Å². The number of aryl methyl sites for hydroxylation is 1. The van der Waals surface area contributed by atoms with Crippen molar-refractivity contribution in [3.05, 3.63) is 28.2 Å². The van der Waals surface area contributed by atoms with Gasteiger partial charge in [0.2, 0.25) is 5.91 Å². The number of carbonyl (C=O) groups excluding carboxylic acids is 1. The molecule has 2 N–H and O–H groups in total. The van der Waals surface area contributed by atoms with Crippen LogP contribution in [0.2, 0.25) is 0 Å². The maximum absolute atomic E-state index is 12.2. The van der Waals surface area contributed by atoms with Crippen LogP contribution in [0.15, 0.2) is 16.9 Å². The van der Waals surface area contributed by atoms with Crippen LogP contribution < -0.4 is 5.56 Å². The molecule has 1 saturated heterocycles. The summed E-state index contributed by atoms with van der Waals surface area (Å²) in [5.41, 5.74) is -0.0312. The van der Waals surface area contributed by atoms with Crippen molar-refractivity contribution < 1.29 is 19.8 Å². The Hall–Kier alpha value is -2.31. The van der Waals surface area contributed by atoms with Gasteiger partial charge in [0.1, 0.15) is 18.3 Å². The van der Waals surface area contributed by atoms with E-state index in [1.165, 1.54) is 15.5 Å². The molecular formula is C13H16N2O5. The second-order valence-corrected chi connectivity index (χ2v) is 4.86. The highest BCUT2D eigenvalue weighted by atomic mass is 16.4. The van der Waals surface area contributed by atoms with Crippen LogP contribution in [0.3, 0.4) is 0 Å². The number of rotatable bonds is 3. The van der Waals surface area contributed by atoms with E-state index < -0.39 is 23.5 Å². The summed E-state index contributed by atoms with van der Waals surface area (Å²) >= 11 is 0. The predicted molar refractivity (Wildman–Crippen MR) is 69.5 cm³/mol. The summed E-state index contributed by atoms with van der Waals surface area (Å²) in [5.74, 6) is -1.57. The maximum atomic E-state index is 12.2. The zero-order chi connectivity index (χ0) is 14.9. The molecule has 1 atom stereocenters. The van der Waals surface area contributed by atoms with Gasteiger partial charge in [0.05, 0.1) is 0 Å². The average molecular weight is 280 g/mol. The average Bonchev–Trinajstić information content (AvgIpc) is 2.82. The third-order valence-corrected chi connectivity index (χ3v) is 3.47. The summed E-state index contributed by atoms with van der Waals surface area (Å²) in [6.45, 7) is 1.78. The molecule has 0 unspecified atom stereocenters. The second kappa shape index (κ2) is 5.36. The van der Waals surface area contributed by atoms with Gasteiger partial charge in [-0.1, -0.05) is 0 Å². The first-order valence-electron chi connectivity index (χ1n) is 6.33. The van der Waals surface area contributed by atoms with Crippen molar-refractivity contribution in [2.75, 3.05) is 6.54 Å². The van der Waals surface area contributed by atoms with Crippen LogP contribution in [0.4, 0.5) is 0 Å². The summed E-state index contributed by atoms with van der Waals surface area (Å²) in [7, 11) is 0. The molecule has 7 heteroatoms. The zero-order valence-corrected chi connectivity index (χ0v) is 11.1. The molecule has 1 amide bonds. The van der Waals surface area contributed by atoms with Crippen LogP contribution in [0.5, 0.6) is 5.75 Å². The number of carbonyl (C=O) groups is 2. The van der Waals surface area contributed by atoms with Crippen LogP contribution in [-0.2, 0) is 16.1 Å². The van der Waals surface area contributed by atoms with Gasteiger partial charge in [-0.3, -0.25) is 9.59 Å². The number of hydrogen-bond donors (Lipinski definition) is 2. The number of aliphatic carboxylic acids is 1. The van der Waals surface area contributed by atoms with E-state index in [0.717, 1.165) is 6.07 Å². The minimum atomic E-state index is -1.02. The smallest absolute Gasteiger partial charge is 0.326 e. The van der Waals surface area contributed by atoms with Gasteiger partial charge in [0, 0.05) is 18.3 Å². The standard InChI is InChI=1S/C13H16N2O5/c1-8-5-9(16)6-11(17)15(8)7-12(18)14-4-2-3-10(14)13(19)20/h5-6,10,16H,2-4,7H2,1H3,(H,19,20)/t10-/m1/s1. The van der Waals surface area contributed by atoms with Crippen LogP contribution in [0, 0.1) is 6.92 Å². The third kappa shape index (κ3) is 2.66. The van der Waals surface area contributed by atoms with Gasteiger partial charge in [0.15, 0.2) is 0 Å². The molecule has 2 heterocycles. The van der Waals surface area contributed by atoms with E-state index in [9.17, 15) is 19.5 Å². The lowest BCUT2D eigenvalue weighted by atomic mass is 10.2. The van der Waals surface area contributed by atoms with Crippen molar-refractivity contribution in [2.24, 2.45) is 0 Å². The molecule has 0 saturated carbocycles. The molecule has 0 bridgehead atoms. The van der Waals surface area contributed by atoms with Crippen LogP contribution >= 0.6 is 0 Å². The first-order chi connectivity index (χ1) is 9.40. The zero-order valence-electron chi connectivity index (χ0n) is 11.1. The van der Waals surface area contributed by atoms with Crippen LogP contribution in [0.1, 0.15) is 18.5 Å². The number of carboxylic acid groups (broad SMARTS) is 1. The number of aromatic hydroxyl groups is 1. The summed E-state index contributed by atoms with van der Waals surface area (Å²) < 4.78 is 1.22.